The smallest absolute Gasteiger partial charge is 0.227 e. The van der Waals surface area contributed by atoms with E-state index >= 15 is 0 Å². The van der Waals surface area contributed by atoms with Crippen molar-refractivity contribution >= 4 is 29.2 Å². The number of piperazine rings is 1. The van der Waals surface area contributed by atoms with E-state index in [0.29, 0.717) is 6.42 Å². The fraction of sp³-hybridized carbons (Fsp3) is 0.500. The molecule has 0 unspecified atom stereocenters. The van der Waals surface area contributed by atoms with Crippen molar-refractivity contribution in [3.8, 4) is 6.07 Å². The highest BCUT2D eigenvalue weighted by atomic mass is 32.2. The SMILES string of the molecule is N#CCCCCCNc1nc(N2CCN(c3ccccc3)CC2)nc2c1SCC2. The summed E-state index contributed by atoms with van der Waals surface area (Å²) >= 11 is 1.86. The summed E-state index contributed by atoms with van der Waals surface area (Å²) < 4.78 is 0. The third-order valence-corrected chi connectivity index (χ3v) is 6.58. The average Bonchev–Trinajstić information content (AvgIpc) is 3.26. The molecule has 1 N–H and O–H groups in total. The van der Waals surface area contributed by atoms with Crippen LogP contribution < -0.4 is 15.1 Å². The molecule has 2 aliphatic rings. The number of rotatable bonds is 8. The average molecular weight is 409 g/mol. The number of thioether (sulfide) groups is 1. The third kappa shape index (κ3) is 4.94. The summed E-state index contributed by atoms with van der Waals surface area (Å²) in [4.78, 5) is 15.8. The molecule has 152 valence electrons. The van der Waals surface area contributed by atoms with Crippen molar-refractivity contribution in [2.75, 3.05) is 53.6 Å². The second-order valence-electron chi connectivity index (χ2n) is 7.45. The number of unbranched alkanes of at least 4 members (excludes halogenated alkanes) is 3. The van der Waals surface area contributed by atoms with Crippen molar-refractivity contribution in [2.24, 2.45) is 0 Å². The van der Waals surface area contributed by atoms with Gasteiger partial charge in [-0.15, -0.1) is 11.8 Å². The van der Waals surface area contributed by atoms with Crippen molar-refractivity contribution < 1.29 is 0 Å². The third-order valence-electron chi connectivity index (χ3n) is 5.45. The van der Waals surface area contributed by atoms with Gasteiger partial charge >= 0.3 is 0 Å². The Kier molecular flexibility index (Phi) is 6.73. The molecule has 2 aliphatic heterocycles. The zero-order chi connectivity index (χ0) is 19.9. The van der Waals surface area contributed by atoms with Crippen molar-refractivity contribution in [1.29, 1.82) is 5.26 Å². The van der Waals surface area contributed by atoms with Gasteiger partial charge in [-0.3, -0.25) is 0 Å². The van der Waals surface area contributed by atoms with Crippen LogP contribution in [0.15, 0.2) is 35.2 Å². The molecule has 1 aromatic carbocycles. The molecule has 3 heterocycles. The summed E-state index contributed by atoms with van der Waals surface area (Å²) in [6, 6.07) is 12.8. The summed E-state index contributed by atoms with van der Waals surface area (Å²) in [7, 11) is 0. The first-order chi connectivity index (χ1) is 14.3. The van der Waals surface area contributed by atoms with Gasteiger partial charge in [-0.25, -0.2) is 4.98 Å². The maximum atomic E-state index is 8.65. The first-order valence-corrected chi connectivity index (χ1v) is 11.5. The Morgan fingerprint density at radius 2 is 1.79 bits per heavy atom. The van der Waals surface area contributed by atoms with E-state index in [4.69, 9.17) is 15.2 Å². The van der Waals surface area contributed by atoms with Crippen molar-refractivity contribution in [1.82, 2.24) is 9.97 Å². The predicted molar refractivity (Wildman–Crippen MR) is 120 cm³/mol. The molecule has 2 aromatic rings. The Morgan fingerprint density at radius 3 is 2.59 bits per heavy atom. The second kappa shape index (κ2) is 9.84. The first-order valence-electron chi connectivity index (χ1n) is 10.5. The number of nitrogens with one attached hydrogen (secondary N) is 1. The topological polar surface area (TPSA) is 68.1 Å². The predicted octanol–water partition coefficient (Wildman–Crippen LogP) is 3.95. The summed E-state index contributed by atoms with van der Waals surface area (Å²) in [5.41, 5.74) is 2.48. The fourth-order valence-electron chi connectivity index (χ4n) is 3.83. The van der Waals surface area contributed by atoms with Crippen LogP contribution in [-0.4, -0.2) is 48.4 Å². The first kappa shape index (κ1) is 19.8. The summed E-state index contributed by atoms with van der Waals surface area (Å²) in [6.45, 7) is 4.75. The van der Waals surface area contributed by atoms with E-state index < -0.39 is 0 Å². The molecule has 0 aliphatic carbocycles. The Labute approximate surface area is 177 Å². The lowest BCUT2D eigenvalue weighted by Gasteiger charge is -2.36. The molecule has 0 spiro atoms. The monoisotopic (exact) mass is 408 g/mol. The number of aromatic nitrogens is 2. The number of anilines is 3. The van der Waals surface area contributed by atoms with Crippen LogP contribution in [0.4, 0.5) is 17.5 Å². The maximum Gasteiger partial charge on any atom is 0.227 e. The van der Waals surface area contributed by atoms with Gasteiger partial charge in [0.05, 0.1) is 16.7 Å². The normalized spacial score (nSPS) is 15.8. The van der Waals surface area contributed by atoms with E-state index in [-0.39, 0.29) is 0 Å². The van der Waals surface area contributed by atoms with E-state index in [1.165, 1.54) is 16.3 Å². The molecular formula is C22H28N6S. The number of para-hydroxylation sites is 1. The molecule has 1 fully saturated rings. The van der Waals surface area contributed by atoms with E-state index in [9.17, 15) is 0 Å². The number of hydrogen-bond donors (Lipinski definition) is 1. The Hall–Kier alpha value is -2.46. The van der Waals surface area contributed by atoms with Crippen LogP contribution >= 0.6 is 11.8 Å². The van der Waals surface area contributed by atoms with E-state index in [1.54, 1.807) is 0 Å². The molecule has 6 nitrogen and oxygen atoms in total. The van der Waals surface area contributed by atoms with Crippen LogP contribution in [0.1, 0.15) is 31.4 Å². The molecule has 1 saturated heterocycles. The lowest BCUT2D eigenvalue weighted by atomic mass is 10.2. The summed E-state index contributed by atoms with van der Waals surface area (Å²) in [6.07, 6.45) is 4.80. The van der Waals surface area contributed by atoms with Gasteiger partial charge in [0.2, 0.25) is 5.95 Å². The van der Waals surface area contributed by atoms with Gasteiger partial charge in [-0.2, -0.15) is 10.2 Å². The quantitative estimate of drug-likeness (QED) is 0.663. The molecule has 29 heavy (non-hydrogen) atoms. The van der Waals surface area contributed by atoms with Crippen molar-refractivity contribution in [3.05, 3.63) is 36.0 Å². The molecule has 0 atom stereocenters. The molecule has 0 amide bonds. The highest BCUT2D eigenvalue weighted by Crippen LogP contribution is 2.36. The number of fused-ring (bicyclic) bond motifs is 1. The zero-order valence-electron chi connectivity index (χ0n) is 16.8. The van der Waals surface area contributed by atoms with E-state index in [2.05, 4.69) is 51.5 Å². The lowest BCUT2D eigenvalue weighted by molar-refractivity contribution is 0.637. The maximum absolute atomic E-state index is 8.65. The fourth-order valence-corrected chi connectivity index (χ4v) is 4.90. The molecule has 4 rings (SSSR count). The lowest BCUT2D eigenvalue weighted by Crippen LogP contribution is -2.47. The Bertz CT molecular complexity index is 842. The van der Waals surface area contributed by atoms with Gasteiger partial charge in [0, 0.05) is 57.0 Å². The van der Waals surface area contributed by atoms with Gasteiger partial charge in [-0.1, -0.05) is 24.6 Å². The van der Waals surface area contributed by atoms with Crippen molar-refractivity contribution in [3.63, 3.8) is 0 Å². The number of aryl methyl sites for hydroxylation is 1. The van der Waals surface area contributed by atoms with Crippen LogP contribution in [0.3, 0.4) is 0 Å². The Balaban J connectivity index is 1.39. The molecule has 0 saturated carbocycles. The molecule has 7 heteroatoms. The van der Waals surface area contributed by atoms with Crippen LogP contribution in [0, 0.1) is 11.3 Å². The molecule has 0 radical (unpaired) electrons. The summed E-state index contributed by atoms with van der Waals surface area (Å²) in [5.74, 6) is 2.95. The van der Waals surface area contributed by atoms with Gasteiger partial charge in [-0.05, 0) is 25.0 Å². The minimum Gasteiger partial charge on any atom is -0.369 e. The van der Waals surface area contributed by atoms with E-state index in [0.717, 1.165) is 75.9 Å². The van der Waals surface area contributed by atoms with Crippen LogP contribution in [-0.2, 0) is 6.42 Å². The molecule has 0 bridgehead atoms. The Morgan fingerprint density at radius 1 is 1.00 bits per heavy atom. The van der Waals surface area contributed by atoms with Crippen molar-refractivity contribution in [2.45, 2.75) is 37.0 Å². The number of nitriles is 1. The van der Waals surface area contributed by atoms with E-state index in [1.807, 2.05) is 11.8 Å². The number of nitrogens with zero attached hydrogens (tertiary/aromatic N) is 5. The minimum atomic E-state index is 0.651. The summed E-state index contributed by atoms with van der Waals surface area (Å²) in [5, 5.41) is 12.2. The number of benzene rings is 1. The van der Waals surface area contributed by atoms with Gasteiger partial charge in [0.1, 0.15) is 5.82 Å². The van der Waals surface area contributed by atoms with Gasteiger partial charge in [0.25, 0.3) is 0 Å². The molecular weight excluding hydrogens is 380 g/mol. The largest absolute Gasteiger partial charge is 0.369 e. The molecule has 1 aromatic heterocycles. The second-order valence-corrected chi connectivity index (χ2v) is 8.56. The minimum absolute atomic E-state index is 0.651. The van der Waals surface area contributed by atoms with Crippen LogP contribution in [0.2, 0.25) is 0 Å². The zero-order valence-corrected chi connectivity index (χ0v) is 17.6. The number of hydrogen-bond acceptors (Lipinski definition) is 7. The van der Waals surface area contributed by atoms with Gasteiger partial charge in [0.15, 0.2) is 0 Å². The highest BCUT2D eigenvalue weighted by molar-refractivity contribution is 7.99. The van der Waals surface area contributed by atoms with Crippen LogP contribution in [0.5, 0.6) is 0 Å². The highest BCUT2D eigenvalue weighted by Gasteiger charge is 2.24. The standard InChI is InChI=1S/C22H28N6S/c23-11-6-1-2-7-12-24-21-20-19(10-17-29-20)25-22(26-21)28-15-13-27(14-16-28)18-8-4-3-5-9-18/h3-5,8-9H,1-2,6-7,10,12-17H2,(H,24,25,26). The van der Waals surface area contributed by atoms with Crippen LogP contribution in [0.25, 0.3) is 0 Å². The van der Waals surface area contributed by atoms with Gasteiger partial charge < -0.3 is 15.1 Å².